The van der Waals surface area contributed by atoms with E-state index in [1.165, 1.54) is 25.7 Å². The smallest absolute Gasteiger partial charge is 0 e. The fourth-order valence-corrected chi connectivity index (χ4v) is 10.1. The van der Waals surface area contributed by atoms with Crippen LogP contribution < -0.4 is 0 Å². The molecule has 68 heavy (non-hydrogen) atoms. The molecule has 4 aliphatic rings. The second kappa shape index (κ2) is 27.3. The van der Waals surface area contributed by atoms with E-state index in [1.54, 1.807) is 0 Å². The number of ether oxygens (including phenoxy) is 2. The standard InChI is InChI=1S/C44H28N4.2C4H8O.4CO.Al.Co/c1-5-13-29(14-6-1)41-33-21-23-35(45-33)42(30-15-7-2-8-16-30)37-25-27-39(47-37)44(32-19-11-4-12-20-32)40-28-26-38(48-40)43(31-17-9-3-10-18-31)36-24-22-34(41)46-36;2*1-2-4-5-3-1;4*1-2;;/h1-28H;2*1-4H2;;;;;;/q-2;;;;;;;+3;. The second-order valence-electron chi connectivity index (χ2n) is 15.1. The van der Waals surface area contributed by atoms with Gasteiger partial charge in [0.05, 0.1) is 0 Å². The molecule has 0 spiro atoms. The maximum atomic E-state index is 7.50. The minimum atomic E-state index is -0.533. The number of rotatable bonds is 4. The first-order chi connectivity index (χ1) is 33.3. The molecule has 12 heteroatoms. The normalized spacial score (nSPS) is 12.5. The fraction of sp³-hybridized carbons (Fsp3) is 0.143. The molecular formula is C56H44AlCoN4O6+. The van der Waals surface area contributed by atoms with Gasteiger partial charge in [-0.25, -0.2) is 0 Å². The van der Waals surface area contributed by atoms with Gasteiger partial charge in [-0.05, 0) is 25.7 Å². The quantitative estimate of drug-likeness (QED) is 0.0986. The van der Waals surface area contributed by atoms with Crippen LogP contribution >= 0.6 is 0 Å². The summed E-state index contributed by atoms with van der Waals surface area (Å²) in [5.74, 6) is 0. The Morgan fingerprint density at radius 3 is 0.765 bits per heavy atom. The minimum Gasteiger partial charge on any atom is 0 e. The molecule has 6 bridgehead atoms. The van der Waals surface area contributed by atoms with Crippen LogP contribution in [0.15, 0.2) is 146 Å². The van der Waals surface area contributed by atoms with Gasteiger partial charge in [-0.15, -0.1) is 0 Å². The zero-order valence-electron chi connectivity index (χ0n) is 37.0. The van der Waals surface area contributed by atoms with Crippen molar-refractivity contribution >= 4 is 61.6 Å². The van der Waals surface area contributed by atoms with Crippen molar-refractivity contribution in [1.82, 2.24) is 16.7 Å². The van der Waals surface area contributed by atoms with E-state index < -0.39 is 15.2 Å². The summed E-state index contributed by atoms with van der Waals surface area (Å²) in [6.45, 7) is 22.0. The van der Waals surface area contributed by atoms with Crippen LogP contribution in [-0.4, -0.2) is 58.3 Å². The van der Waals surface area contributed by atoms with E-state index in [0.717, 1.165) is 116 Å². The predicted octanol–water partition coefficient (Wildman–Crippen LogP) is 12.0. The van der Waals surface area contributed by atoms with Crippen molar-refractivity contribution in [2.24, 2.45) is 0 Å². The molecule has 0 aliphatic carbocycles. The molecule has 2 fully saturated rings. The molecule has 0 unspecified atom stereocenters. The maximum absolute atomic E-state index is 7.50. The number of fused-ring (bicyclic) bond motifs is 4. The Morgan fingerprint density at radius 1 is 0.353 bits per heavy atom. The predicted molar refractivity (Wildman–Crippen MR) is 260 cm³/mol. The molecule has 1 radical (unpaired) electrons. The zero-order valence-corrected chi connectivity index (χ0v) is 39.2. The van der Waals surface area contributed by atoms with Crippen molar-refractivity contribution in [2.45, 2.75) is 25.7 Å². The summed E-state index contributed by atoms with van der Waals surface area (Å²) in [7, 11) is 0. The van der Waals surface area contributed by atoms with Crippen LogP contribution in [0.5, 0.6) is 0 Å². The van der Waals surface area contributed by atoms with Crippen LogP contribution in [0.3, 0.4) is 0 Å². The van der Waals surface area contributed by atoms with E-state index in [2.05, 4.69) is 203 Å². The zero-order chi connectivity index (χ0) is 47.4. The molecule has 0 saturated carbocycles. The third-order valence-electron chi connectivity index (χ3n) is 11.3. The summed E-state index contributed by atoms with van der Waals surface area (Å²) in [5.41, 5.74) is 17.6. The molecular weight excluding hydrogens is 911 g/mol. The molecule has 10 nitrogen and oxygen atoms in total. The summed E-state index contributed by atoms with van der Waals surface area (Å²) in [4.78, 5) is 10.9. The first kappa shape index (κ1) is 52.4. The van der Waals surface area contributed by atoms with Crippen molar-refractivity contribution in [3.05, 3.63) is 195 Å². The number of benzene rings is 4. The van der Waals surface area contributed by atoms with Gasteiger partial charge >= 0.3 is 336 Å². The first-order valence-electron chi connectivity index (χ1n) is 21.6. The van der Waals surface area contributed by atoms with Crippen molar-refractivity contribution < 1.29 is 44.9 Å². The summed E-state index contributed by atoms with van der Waals surface area (Å²) in [5, 5.41) is 0. The molecule has 0 N–H and O–H groups in total. The van der Waals surface area contributed by atoms with Gasteiger partial charge in [-0.3, -0.25) is 0 Å². The first-order valence-corrected chi connectivity index (χ1v) is 22.6. The van der Waals surface area contributed by atoms with Crippen LogP contribution in [-0.2, 0) is 44.9 Å². The molecule has 4 aromatic heterocycles. The van der Waals surface area contributed by atoms with Crippen LogP contribution in [0.25, 0.3) is 90.9 Å². The summed E-state index contributed by atoms with van der Waals surface area (Å²) < 4.78 is 45.0. The number of aromatic nitrogens is 4. The third kappa shape index (κ3) is 11.7. The fourth-order valence-electron chi connectivity index (χ4n) is 8.51. The van der Waals surface area contributed by atoms with E-state index in [9.17, 15) is 0 Å². The van der Waals surface area contributed by atoms with E-state index in [-0.39, 0.29) is 16.8 Å². The van der Waals surface area contributed by atoms with Gasteiger partial charge in [0.25, 0.3) is 0 Å². The Hall–Kier alpha value is -6.60. The van der Waals surface area contributed by atoms with Crippen LogP contribution in [0, 0.1) is 26.6 Å². The van der Waals surface area contributed by atoms with Crippen molar-refractivity contribution in [2.75, 3.05) is 26.4 Å². The average Bonchev–Trinajstić information content (AvgIpc) is 4.29. The van der Waals surface area contributed by atoms with Crippen molar-refractivity contribution in [3.8, 4) is 44.5 Å². The van der Waals surface area contributed by atoms with Crippen LogP contribution in [0.1, 0.15) is 48.5 Å². The summed E-state index contributed by atoms with van der Waals surface area (Å²) in [6, 6.07) is 52.0. The van der Waals surface area contributed by atoms with Crippen molar-refractivity contribution in [3.63, 3.8) is 0 Å². The Kier molecular flexibility index (Phi) is 21.0. The van der Waals surface area contributed by atoms with E-state index in [4.69, 9.17) is 38.1 Å². The molecule has 4 aliphatic heterocycles. The Labute approximate surface area is 412 Å². The van der Waals surface area contributed by atoms with Gasteiger partial charge in [0.2, 0.25) is 0 Å². The molecule has 8 aromatic rings. The van der Waals surface area contributed by atoms with Gasteiger partial charge in [0.15, 0.2) is 0 Å². The molecule has 2 saturated heterocycles. The molecule has 8 heterocycles. The third-order valence-corrected chi connectivity index (χ3v) is 12.9. The van der Waals surface area contributed by atoms with Crippen LogP contribution in [0.4, 0.5) is 0 Å². The Bertz CT molecular complexity index is 2730. The number of nitrogens with zero attached hydrogens (tertiary/aromatic N) is 4. The molecule has 12 rings (SSSR count). The molecule has 0 atom stereocenters. The second-order valence-corrected chi connectivity index (χ2v) is 16.4. The van der Waals surface area contributed by atoms with E-state index >= 15 is 0 Å². The monoisotopic (exact) mass is 954 g/mol. The van der Waals surface area contributed by atoms with Crippen LogP contribution in [0.2, 0.25) is 0 Å². The van der Waals surface area contributed by atoms with Gasteiger partial charge in [0, 0.05) is 43.2 Å². The molecule has 0 amide bonds. The maximum Gasteiger partial charge on any atom is 0 e. The van der Waals surface area contributed by atoms with Gasteiger partial charge in [-0.2, -0.15) is 0 Å². The SMILES string of the molecule is C1=Cc2nc1c(-c1ccccc1)c1ccc3c(-c4ccccc4)c4nc(c(-c5ccccc5)c5ccc(c2-c2ccccc2)[n]5[Al+][n]13)C=C4.C1CCOC1.C1CCOC1.[C-]#[O+].[C-]#[O+].[C-]#[O+].[C-]#[O+].[Co]. The molecule has 4 aromatic carbocycles. The largest absolute Gasteiger partial charge is 0 e. The topological polar surface area (TPSA) is 133 Å². The summed E-state index contributed by atoms with van der Waals surface area (Å²) >= 11 is -0.533. The van der Waals surface area contributed by atoms with E-state index in [1.807, 2.05) is 0 Å². The Morgan fingerprint density at radius 2 is 0.574 bits per heavy atom. The number of hydrogen-bond donors (Lipinski definition) is 0. The van der Waals surface area contributed by atoms with Gasteiger partial charge < -0.3 is 9.47 Å². The number of hydrogen-bond acceptors (Lipinski definition) is 4. The van der Waals surface area contributed by atoms with Crippen molar-refractivity contribution in [1.29, 1.82) is 0 Å². The summed E-state index contributed by atoms with van der Waals surface area (Å²) in [6.07, 6.45) is 13.9. The van der Waals surface area contributed by atoms with Gasteiger partial charge in [-0.1, -0.05) is 0 Å². The Balaban J connectivity index is 0.000000393. The van der Waals surface area contributed by atoms with Gasteiger partial charge in [0.1, 0.15) is 0 Å². The minimum absolute atomic E-state index is 0. The molecule has 335 valence electrons. The van der Waals surface area contributed by atoms with E-state index in [0.29, 0.717) is 0 Å². The average molecular weight is 955 g/mol.